The molecule has 7 heteroatoms. The Morgan fingerprint density at radius 2 is 2.07 bits per heavy atom. The molecule has 30 heavy (non-hydrogen) atoms. The number of benzene rings is 1. The second kappa shape index (κ2) is 6.69. The van der Waals surface area contributed by atoms with Gasteiger partial charge >= 0.3 is 5.97 Å². The molecule has 4 aliphatic rings. The summed E-state index contributed by atoms with van der Waals surface area (Å²) in [7, 11) is 3.56. The molecule has 7 atom stereocenters. The normalized spacial score (nSPS) is 39.7. The Morgan fingerprint density at radius 3 is 2.77 bits per heavy atom. The first-order chi connectivity index (χ1) is 14.3. The minimum absolute atomic E-state index is 0.00347. The number of phenols is 1. The number of likely N-dealkylation sites (N-methyl/N-ethyl adjacent to an activating group) is 1. The Morgan fingerprint density at radius 1 is 1.30 bits per heavy atom. The van der Waals surface area contributed by atoms with Crippen molar-refractivity contribution in [3.05, 3.63) is 23.8 Å². The first-order valence-electron chi connectivity index (χ1n) is 10.8. The fourth-order valence-corrected chi connectivity index (χ4v) is 7.25. The number of esters is 1. The molecule has 1 spiro atoms. The van der Waals surface area contributed by atoms with Crippen LogP contribution in [0.5, 0.6) is 5.75 Å². The Labute approximate surface area is 176 Å². The maximum Gasteiger partial charge on any atom is 0.311 e. The van der Waals surface area contributed by atoms with Crippen LogP contribution in [0.15, 0.2) is 18.2 Å². The molecule has 162 valence electrons. The van der Waals surface area contributed by atoms with Gasteiger partial charge in [-0.3, -0.25) is 9.59 Å². The Hall–Kier alpha value is -2.12. The number of anilines is 1. The van der Waals surface area contributed by atoms with Gasteiger partial charge in [0, 0.05) is 24.3 Å². The zero-order chi connectivity index (χ0) is 21.4. The average Bonchev–Trinajstić information content (AvgIpc) is 3.21. The maximum absolute atomic E-state index is 13.0. The van der Waals surface area contributed by atoms with Gasteiger partial charge in [0.15, 0.2) is 0 Å². The van der Waals surface area contributed by atoms with Crippen LogP contribution in [0.3, 0.4) is 0 Å². The molecule has 1 aromatic rings. The SMILES string of the molecule is COC(=O)[C@@H]1[C@@H]2C[C@H]3N(C)CC[C@@]34c3cccc(O)c3N(C(C)=O)[C@H]4[C@@H]2CO[C@H]1C. The zero-order valence-electron chi connectivity index (χ0n) is 18.0. The zero-order valence-corrected chi connectivity index (χ0v) is 18.0. The quantitative estimate of drug-likeness (QED) is 0.708. The third-order valence-electron chi connectivity index (χ3n) is 8.35. The van der Waals surface area contributed by atoms with Crippen LogP contribution in [0.1, 0.15) is 32.3 Å². The summed E-state index contributed by atoms with van der Waals surface area (Å²) in [5.74, 6) is -0.468. The van der Waals surface area contributed by atoms with Gasteiger partial charge in [0.1, 0.15) is 5.75 Å². The topological polar surface area (TPSA) is 79.3 Å². The van der Waals surface area contributed by atoms with E-state index in [1.54, 1.807) is 17.9 Å². The van der Waals surface area contributed by atoms with Crippen LogP contribution in [-0.4, -0.2) is 67.4 Å². The lowest BCUT2D eigenvalue weighted by Gasteiger charge is -2.56. The van der Waals surface area contributed by atoms with Crippen LogP contribution >= 0.6 is 0 Å². The fraction of sp³-hybridized carbons (Fsp3) is 0.652. The first-order valence-corrected chi connectivity index (χ1v) is 10.8. The number of likely N-dealkylation sites (tertiary alicyclic amines) is 1. The first kappa shape index (κ1) is 19.8. The number of phenolic OH excluding ortho intramolecular Hbond substituents is 1. The number of carbonyl (C=O) groups is 2. The molecule has 2 saturated heterocycles. The van der Waals surface area contributed by atoms with E-state index < -0.39 is 0 Å². The molecule has 1 aromatic carbocycles. The van der Waals surface area contributed by atoms with E-state index in [4.69, 9.17) is 9.47 Å². The summed E-state index contributed by atoms with van der Waals surface area (Å²) < 4.78 is 11.3. The third-order valence-corrected chi connectivity index (χ3v) is 8.35. The molecular weight excluding hydrogens is 384 g/mol. The second-order valence-electron chi connectivity index (χ2n) is 9.44. The minimum atomic E-state index is -0.355. The molecular formula is C23H30N2O5. The predicted octanol–water partition coefficient (Wildman–Crippen LogP) is 1.91. The number of hydrogen-bond donors (Lipinski definition) is 1. The Balaban J connectivity index is 1.71. The van der Waals surface area contributed by atoms with Crippen LogP contribution in [-0.2, 0) is 24.5 Å². The van der Waals surface area contributed by atoms with Gasteiger partial charge in [-0.2, -0.15) is 0 Å². The van der Waals surface area contributed by atoms with Gasteiger partial charge in [-0.15, -0.1) is 0 Å². The van der Waals surface area contributed by atoms with Crippen LogP contribution in [0.4, 0.5) is 5.69 Å². The average molecular weight is 415 g/mol. The number of amides is 1. The van der Waals surface area contributed by atoms with Gasteiger partial charge in [-0.05, 0) is 50.9 Å². The number of fused-ring (bicyclic) bond motifs is 3. The monoisotopic (exact) mass is 414 g/mol. The summed E-state index contributed by atoms with van der Waals surface area (Å²) in [6.07, 6.45) is 1.55. The van der Waals surface area contributed by atoms with E-state index in [0.29, 0.717) is 12.3 Å². The number of hydrogen-bond acceptors (Lipinski definition) is 6. The number of methoxy groups -OCH3 is 1. The van der Waals surface area contributed by atoms with E-state index in [9.17, 15) is 14.7 Å². The fourth-order valence-electron chi connectivity index (χ4n) is 7.25. The van der Waals surface area contributed by atoms with Crippen molar-refractivity contribution in [2.24, 2.45) is 17.8 Å². The molecule has 3 fully saturated rings. The second-order valence-corrected chi connectivity index (χ2v) is 9.44. The van der Waals surface area contributed by atoms with Crippen molar-refractivity contribution >= 4 is 17.6 Å². The van der Waals surface area contributed by atoms with Crippen molar-refractivity contribution in [3.8, 4) is 5.75 Å². The summed E-state index contributed by atoms with van der Waals surface area (Å²) >= 11 is 0. The highest BCUT2D eigenvalue weighted by Gasteiger charge is 2.68. The third kappa shape index (κ3) is 2.33. The molecule has 0 bridgehead atoms. The molecule has 3 aliphatic heterocycles. The highest BCUT2D eigenvalue weighted by atomic mass is 16.5. The van der Waals surface area contributed by atoms with Gasteiger partial charge in [0.05, 0.1) is 37.5 Å². The van der Waals surface area contributed by atoms with E-state index in [1.807, 2.05) is 13.0 Å². The van der Waals surface area contributed by atoms with E-state index in [1.165, 1.54) is 7.11 Å². The molecule has 1 saturated carbocycles. The Bertz CT molecular complexity index is 904. The number of para-hydroxylation sites is 1. The lowest BCUT2D eigenvalue weighted by molar-refractivity contribution is -0.172. The van der Waals surface area contributed by atoms with Crippen molar-refractivity contribution in [1.82, 2.24) is 4.90 Å². The van der Waals surface area contributed by atoms with E-state index in [0.717, 1.165) is 24.9 Å². The molecule has 1 amide bonds. The van der Waals surface area contributed by atoms with Crippen molar-refractivity contribution in [2.75, 3.05) is 32.2 Å². The standard InChI is InChI=1S/C23H30N2O5/c1-12-19(22(28)29-4)14-10-18-23(8-9-24(18)3)16-6-5-7-17(27)20(16)25(13(2)26)21(23)15(14)11-30-12/h5-7,12,14-15,18-19,21,27H,8-11H2,1-4H3/t12-,14+,15+,18+,19-,21-,23+/m0/s1. The summed E-state index contributed by atoms with van der Waals surface area (Å²) in [6, 6.07) is 5.64. The van der Waals surface area contributed by atoms with Gasteiger partial charge in [-0.25, -0.2) is 0 Å². The van der Waals surface area contributed by atoms with Crippen LogP contribution in [0.2, 0.25) is 0 Å². The van der Waals surface area contributed by atoms with Gasteiger partial charge in [0.2, 0.25) is 5.91 Å². The molecule has 0 unspecified atom stereocenters. The highest BCUT2D eigenvalue weighted by Crippen LogP contribution is 2.63. The van der Waals surface area contributed by atoms with Crippen molar-refractivity contribution < 1.29 is 24.2 Å². The number of nitrogens with zero attached hydrogens (tertiary/aromatic N) is 2. The smallest absolute Gasteiger partial charge is 0.311 e. The van der Waals surface area contributed by atoms with E-state index in [-0.39, 0.29) is 59.0 Å². The number of carbonyl (C=O) groups excluding carboxylic acids is 2. The van der Waals surface area contributed by atoms with Gasteiger partial charge in [-0.1, -0.05) is 12.1 Å². The summed E-state index contributed by atoms with van der Waals surface area (Å²) in [5, 5.41) is 10.8. The van der Waals surface area contributed by atoms with Crippen molar-refractivity contribution in [3.63, 3.8) is 0 Å². The Kier molecular flexibility index (Phi) is 4.42. The molecule has 3 heterocycles. The van der Waals surface area contributed by atoms with Crippen molar-refractivity contribution in [2.45, 2.75) is 50.3 Å². The molecule has 7 nitrogen and oxygen atoms in total. The minimum Gasteiger partial charge on any atom is -0.506 e. The number of rotatable bonds is 1. The summed E-state index contributed by atoms with van der Waals surface area (Å²) in [4.78, 5) is 29.9. The predicted molar refractivity (Wildman–Crippen MR) is 110 cm³/mol. The van der Waals surface area contributed by atoms with Crippen LogP contribution in [0.25, 0.3) is 0 Å². The lowest BCUT2D eigenvalue weighted by atomic mass is 9.55. The molecule has 5 rings (SSSR count). The lowest BCUT2D eigenvalue weighted by Crippen LogP contribution is -2.66. The van der Waals surface area contributed by atoms with E-state index >= 15 is 0 Å². The molecule has 0 radical (unpaired) electrons. The van der Waals surface area contributed by atoms with E-state index in [2.05, 4.69) is 18.0 Å². The summed E-state index contributed by atoms with van der Waals surface area (Å²) in [5.41, 5.74) is 1.44. The van der Waals surface area contributed by atoms with Crippen LogP contribution in [0, 0.1) is 17.8 Å². The van der Waals surface area contributed by atoms with Crippen molar-refractivity contribution in [1.29, 1.82) is 0 Å². The largest absolute Gasteiger partial charge is 0.506 e. The number of aromatic hydroxyl groups is 1. The van der Waals surface area contributed by atoms with Crippen LogP contribution < -0.4 is 4.90 Å². The van der Waals surface area contributed by atoms with Gasteiger partial charge < -0.3 is 24.4 Å². The molecule has 0 aromatic heterocycles. The molecule has 1 N–H and O–H groups in total. The molecule has 1 aliphatic carbocycles. The maximum atomic E-state index is 13.0. The van der Waals surface area contributed by atoms with Gasteiger partial charge in [0.25, 0.3) is 0 Å². The number of ether oxygens (including phenoxy) is 2. The summed E-state index contributed by atoms with van der Waals surface area (Å²) in [6.45, 7) is 4.92. The highest BCUT2D eigenvalue weighted by molar-refractivity contribution is 5.98.